The lowest BCUT2D eigenvalue weighted by Crippen LogP contribution is -2.29. The summed E-state index contributed by atoms with van der Waals surface area (Å²) in [5, 5.41) is 2.74. The number of carbonyl (C=O) groups excluding carboxylic acids is 1. The van der Waals surface area contributed by atoms with Crippen molar-refractivity contribution in [1.29, 1.82) is 0 Å². The predicted molar refractivity (Wildman–Crippen MR) is 185 cm³/mol. The Morgan fingerprint density at radius 1 is 0.531 bits per heavy atom. The van der Waals surface area contributed by atoms with Gasteiger partial charge in [-0.05, 0) is 34.4 Å². The first-order valence-corrected chi connectivity index (χ1v) is 16.8. The Morgan fingerprint density at radius 2 is 0.939 bits per heavy atom. The molecule has 3 aromatic rings. The minimum absolute atomic E-state index is 0.0383. The monoisotopic (exact) mass is 682 g/mol. The van der Waals surface area contributed by atoms with E-state index in [1.165, 1.54) is 22.3 Å². The van der Waals surface area contributed by atoms with E-state index in [-0.39, 0.29) is 12.5 Å². The van der Waals surface area contributed by atoms with Gasteiger partial charge in [0.15, 0.2) is 0 Å². The second-order valence-corrected chi connectivity index (χ2v) is 10.9. The number of alkyl carbamates (subject to hydrolysis) is 1. The van der Waals surface area contributed by atoms with E-state index >= 15 is 0 Å². The van der Waals surface area contributed by atoms with Crippen LogP contribution in [0.4, 0.5) is 10.5 Å². The number of hydrogen-bond donors (Lipinski definition) is 2. The van der Waals surface area contributed by atoms with E-state index in [0.29, 0.717) is 117 Å². The first-order valence-electron chi connectivity index (χ1n) is 16.8. The Morgan fingerprint density at radius 3 is 1.43 bits per heavy atom. The standard InChI is InChI=1S/C37H50N2O10/c38-35-11-5-6-12-36(35)48-28-27-47-26-25-46-24-23-45-22-21-44-20-19-43-18-17-42-16-15-41-14-13-39-37(40)49-29-34-32-9-3-1-7-30(32)31-8-2-4-10-33(31)34/h1-12,34H,13-29,38H2,(H,39,40). The molecule has 0 atom stereocenters. The van der Waals surface area contributed by atoms with Crippen LogP contribution in [0.2, 0.25) is 0 Å². The van der Waals surface area contributed by atoms with Crippen LogP contribution in [-0.4, -0.2) is 118 Å². The van der Waals surface area contributed by atoms with Crippen LogP contribution < -0.4 is 15.8 Å². The molecule has 0 saturated carbocycles. The quantitative estimate of drug-likeness (QED) is 0.0880. The highest BCUT2D eigenvalue weighted by molar-refractivity contribution is 5.79. The predicted octanol–water partition coefficient (Wildman–Crippen LogP) is 4.30. The molecule has 0 aromatic heterocycles. The first-order chi connectivity index (χ1) is 24.2. The third kappa shape index (κ3) is 14.3. The minimum Gasteiger partial charge on any atom is -0.489 e. The summed E-state index contributed by atoms with van der Waals surface area (Å²) in [6.07, 6.45) is -0.452. The molecule has 0 radical (unpaired) electrons. The second-order valence-electron chi connectivity index (χ2n) is 10.9. The number of ether oxygens (including phenoxy) is 9. The van der Waals surface area contributed by atoms with E-state index in [4.69, 9.17) is 48.4 Å². The Hall–Kier alpha value is -3.75. The van der Waals surface area contributed by atoms with Crippen LogP contribution in [0.5, 0.6) is 5.75 Å². The first kappa shape index (κ1) is 38.1. The second kappa shape index (κ2) is 23.6. The highest BCUT2D eigenvalue weighted by atomic mass is 16.6. The summed E-state index contributed by atoms with van der Waals surface area (Å²) < 4.78 is 49.6. The topological polar surface area (TPSA) is 138 Å². The molecule has 268 valence electrons. The summed E-state index contributed by atoms with van der Waals surface area (Å²) in [5.74, 6) is 0.703. The molecule has 0 saturated heterocycles. The number of nitrogen functional groups attached to an aromatic ring is 1. The lowest BCUT2D eigenvalue weighted by atomic mass is 9.98. The third-order valence-electron chi connectivity index (χ3n) is 7.50. The maximum absolute atomic E-state index is 12.2. The number of amides is 1. The lowest BCUT2D eigenvalue weighted by Gasteiger charge is -2.14. The van der Waals surface area contributed by atoms with Crippen molar-refractivity contribution in [3.63, 3.8) is 0 Å². The number of carbonyl (C=O) groups is 1. The molecule has 0 aliphatic heterocycles. The fraction of sp³-hybridized carbons (Fsp3) is 0.486. The molecule has 0 spiro atoms. The Labute approximate surface area is 289 Å². The van der Waals surface area contributed by atoms with Gasteiger partial charge in [-0.25, -0.2) is 4.79 Å². The summed E-state index contributed by atoms with van der Waals surface area (Å²) in [4.78, 5) is 12.2. The van der Waals surface area contributed by atoms with E-state index in [0.717, 1.165) is 0 Å². The Bertz CT molecular complexity index is 1300. The summed E-state index contributed by atoms with van der Waals surface area (Å²) in [6.45, 7) is 7.62. The molecule has 3 N–H and O–H groups in total. The zero-order valence-corrected chi connectivity index (χ0v) is 28.2. The number of hydrogen-bond acceptors (Lipinski definition) is 11. The van der Waals surface area contributed by atoms with Crippen molar-refractivity contribution in [3.05, 3.63) is 83.9 Å². The highest BCUT2D eigenvalue weighted by Gasteiger charge is 2.28. The number of benzene rings is 3. The number of anilines is 1. The van der Waals surface area contributed by atoms with Crippen molar-refractivity contribution in [1.82, 2.24) is 5.32 Å². The number of para-hydroxylation sites is 2. The molecule has 1 amide bonds. The number of nitrogens with one attached hydrogen (secondary N) is 1. The number of rotatable bonds is 27. The lowest BCUT2D eigenvalue weighted by molar-refractivity contribution is -0.0211. The average Bonchev–Trinajstić information content (AvgIpc) is 3.45. The van der Waals surface area contributed by atoms with Gasteiger partial charge in [-0.1, -0.05) is 60.7 Å². The molecule has 4 rings (SSSR count). The molecular weight excluding hydrogens is 632 g/mol. The summed E-state index contributed by atoms with van der Waals surface area (Å²) in [6, 6.07) is 23.9. The van der Waals surface area contributed by atoms with Gasteiger partial charge in [-0.2, -0.15) is 0 Å². The van der Waals surface area contributed by atoms with Crippen LogP contribution >= 0.6 is 0 Å². The maximum Gasteiger partial charge on any atom is 0.407 e. The van der Waals surface area contributed by atoms with Crippen LogP contribution in [-0.2, 0) is 37.9 Å². The summed E-state index contributed by atoms with van der Waals surface area (Å²) in [5.41, 5.74) is 11.2. The summed E-state index contributed by atoms with van der Waals surface area (Å²) >= 11 is 0. The van der Waals surface area contributed by atoms with E-state index in [9.17, 15) is 4.79 Å². The van der Waals surface area contributed by atoms with Gasteiger partial charge in [0.1, 0.15) is 19.0 Å². The van der Waals surface area contributed by atoms with Crippen LogP contribution in [0, 0.1) is 0 Å². The van der Waals surface area contributed by atoms with Gasteiger partial charge in [-0.3, -0.25) is 0 Å². The molecule has 0 heterocycles. The van der Waals surface area contributed by atoms with E-state index < -0.39 is 6.09 Å². The average molecular weight is 683 g/mol. The molecule has 1 aliphatic carbocycles. The minimum atomic E-state index is -0.452. The molecule has 0 bridgehead atoms. The van der Waals surface area contributed by atoms with E-state index in [1.807, 2.05) is 42.5 Å². The van der Waals surface area contributed by atoms with Crippen molar-refractivity contribution in [2.24, 2.45) is 0 Å². The van der Waals surface area contributed by atoms with Gasteiger partial charge in [-0.15, -0.1) is 0 Å². The Balaban J connectivity index is 0.832. The van der Waals surface area contributed by atoms with E-state index in [1.54, 1.807) is 6.07 Å². The van der Waals surface area contributed by atoms with Gasteiger partial charge >= 0.3 is 6.09 Å². The molecule has 12 heteroatoms. The fourth-order valence-electron chi connectivity index (χ4n) is 5.12. The smallest absolute Gasteiger partial charge is 0.407 e. The molecule has 1 aliphatic rings. The van der Waals surface area contributed by atoms with Crippen LogP contribution in [0.15, 0.2) is 72.8 Å². The Kier molecular flexibility index (Phi) is 18.3. The van der Waals surface area contributed by atoms with Crippen molar-refractivity contribution in [2.75, 3.05) is 118 Å². The molecule has 12 nitrogen and oxygen atoms in total. The van der Waals surface area contributed by atoms with Gasteiger partial charge in [0.05, 0.1) is 98.2 Å². The van der Waals surface area contributed by atoms with Crippen molar-refractivity contribution < 1.29 is 47.4 Å². The molecule has 0 unspecified atom stereocenters. The molecule has 49 heavy (non-hydrogen) atoms. The molecule has 0 fully saturated rings. The van der Waals surface area contributed by atoms with Crippen LogP contribution in [0.3, 0.4) is 0 Å². The van der Waals surface area contributed by atoms with Crippen LogP contribution in [0.25, 0.3) is 11.1 Å². The normalized spacial score (nSPS) is 12.1. The highest BCUT2D eigenvalue weighted by Crippen LogP contribution is 2.44. The van der Waals surface area contributed by atoms with Crippen molar-refractivity contribution in [3.8, 4) is 16.9 Å². The maximum atomic E-state index is 12.2. The number of fused-ring (bicyclic) bond motifs is 3. The fourth-order valence-corrected chi connectivity index (χ4v) is 5.12. The zero-order chi connectivity index (χ0) is 34.2. The van der Waals surface area contributed by atoms with Gasteiger partial charge in [0, 0.05) is 12.5 Å². The zero-order valence-electron chi connectivity index (χ0n) is 28.2. The third-order valence-corrected chi connectivity index (χ3v) is 7.50. The largest absolute Gasteiger partial charge is 0.489 e. The van der Waals surface area contributed by atoms with Gasteiger partial charge < -0.3 is 53.7 Å². The SMILES string of the molecule is Nc1ccccc1OCCOCCOCCOCCOCCOCCOCCOCCNC(=O)OCC1c2ccccc2-c2ccccc21. The van der Waals surface area contributed by atoms with Crippen molar-refractivity contribution >= 4 is 11.8 Å². The summed E-state index contributed by atoms with van der Waals surface area (Å²) in [7, 11) is 0. The molecular formula is C37H50N2O10. The van der Waals surface area contributed by atoms with Gasteiger partial charge in [0.25, 0.3) is 0 Å². The van der Waals surface area contributed by atoms with E-state index in [2.05, 4.69) is 29.6 Å². The number of nitrogens with two attached hydrogens (primary N) is 1. The van der Waals surface area contributed by atoms with Gasteiger partial charge in [0.2, 0.25) is 0 Å². The van der Waals surface area contributed by atoms with Crippen LogP contribution in [0.1, 0.15) is 17.0 Å². The van der Waals surface area contributed by atoms with Crippen molar-refractivity contribution in [2.45, 2.75) is 5.92 Å². The molecule has 3 aromatic carbocycles.